The Labute approximate surface area is 106 Å². The second-order valence-electron chi connectivity index (χ2n) is 5.20. The van der Waals surface area contributed by atoms with Gasteiger partial charge in [-0.25, -0.2) is 9.97 Å². The van der Waals surface area contributed by atoms with Crippen molar-refractivity contribution < 1.29 is 9.90 Å². The molecule has 0 spiro atoms. The number of nitrogens with zero attached hydrogens (tertiary/aromatic N) is 2. The largest absolute Gasteiger partial charge is 0.392 e. The van der Waals surface area contributed by atoms with Gasteiger partial charge in [0.25, 0.3) is 0 Å². The minimum absolute atomic E-state index is 0.122. The number of carbonyl (C=O) groups excluding carboxylic acids is 1. The molecular formula is C13H17N3O2. The summed E-state index contributed by atoms with van der Waals surface area (Å²) in [6, 6.07) is 0. The average molecular weight is 247 g/mol. The highest BCUT2D eigenvalue weighted by atomic mass is 16.3. The Bertz CT molecular complexity index is 442. The monoisotopic (exact) mass is 247 g/mol. The summed E-state index contributed by atoms with van der Waals surface area (Å²) in [4.78, 5) is 20.4. The molecule has 0 radical (unpaired) electrons. The Morgan fingerprint density at radius 1 is 1.22 bits per heavy atom. The van der Waals surface area contributed by atoms with Crippen LogP contribution in [0.1, 0.15) is 43.8 Å². The molecule has 0 aliphatic heterocycles. The lowest BCUT2D eigenvalue weighted by atomic mass is 10.1. The summed E-state index contributed by atoms with van der Waals surface area (Å²) in [5.41, 5.74) is 0.614. The zero-order valence-electron chi connectivity index (χ0n) is 10.2. The summed E-state index contributed by atoms with van der Waals surface area (Å²) in [7, 11) is 0. The number of aliphatic hydroxyl groups is 1. The van der Waals surface area contributed by atoms with Crippen LogP contribution in [-0.2, 0) is 4.79 Å². The van der Waals surface area contributed by atoms with Gasteiger partial charge in [-0.3, -0.25) is 4.79 Å². The molecule has 1 aromatic rings. The van der Waals surface area contributed by atoms with Crippen LogP contribution in [0.3, 0.4) is 0 Å². The first kappa shape index (κ1) is 11.6. The Hall–Kier alpha value is -1.49. The van der Waals surface area contributed by atoms with Crippen LogP contribution in [0.4, 0.5) is 5.69 Å². The van der Waals surface area contributed by atoms with Gasteiger partial charge in [0.05, 0.1) is 30.1 Å². The number of anilines is 1. The number of nitrogens with one attached hydrogen (secondary N) is 1. The maximum absolute atomic E-state index is 11.9. The molecule has 3 rings (SSSR count). The number of carbonyl (C=O) groups is 1. The number of hydrogen-bond donors (Lipinski definition) is 2. The highest BCUT2D eigenvalue weighted by molar-refractivity contribution is 5.92. The van der Waals surface area contributed by atoms with Crippen molar-refractivity contribution in [2.24, 2.45) is 5.92 Å². The second-order valence-corrected chi connectivity index (χ2v) is 5.20. The standard InChI is InChI=1S/C13H17N3O2/c17-11-3-1-2-10(11)13(18)16-9-6-14-12(15-7-9)8-4-5-8/h6-8,10-11,17H,1-5H2,(H,16,18). The van der Waals surface area contributed by atoms with Gasteiger partial charge >= 0.3 is 0 Å². The van der Waals surface area contributed by atoms with Crippen LogP contribution in [-0.4, -0.2) is 27.1 Å². The van der Waals surface area contributed by atoms with Crippen molar-refractivity contribution in [1.82, 2.24) is 9.97 Å². The van der Waals surface area contributed by atoms with Gasteiger partial charge in [0.1, 0.15) is 5.82 Å². The first-order valence-electron chi connectivity index (χ1n) is 6.55. The fourth-order valence-electron chi connectivity index (χ4n) is 2.44. The van der Waals surface area contributed by atoms with Crippen molar-refractivity contribution >= 4 is 11.6 Å². The molecule has 1 aromatic heterocycles. The molecule has 1 heterocycles. The maximum Gasteiger partial charge on any atom is 0.230 e. The molecule has 2 N–H and O–H groups in total. The van der Waals surface area contributed by atoms with Crippen LogP contribution in [0.2, 0.25) is 0 Å². The Balaban J connectivity index is 1.62. The van der Waals surface area contributed by atoms with Crippen molar-refractivity contribution in [3.8, 4) is 0 Å². The molecule has 0 bridgehead atoms. The Kier molecular flexibility index (Phi) is 2.99. The summed E-state index contributed by atoms with van der Waals surface area (Å²) in [5, 5.41) is 12.4. The van der Waals surface area contributed by atoms with E-state index in [0.29, 0.717) is 11.6 Å². The second kappa shape index (κ2) is 4.65. The van der Waals surface area contributed by atoms with Gasteiger partial charge in [-0.05, 0) is 32.1 Å². The van der Waals surface area contributed by atoms with Crippen LogP contribution in [0.5, 0.6) is 0 Å². The van der Waals surface area contributed by atoms with Gasteiger partial charge in [0, 0.05) is 5.92 Å². The summed E-state index contributed by atoms with van der Waals surface area (Å²) in [5.74, 6) is 0.983. The normalized spacial score (nSPS) is 27.2. The Morgan fingerprint density at radius 3 is 2.50 bits per heavy atom. The molecule has 2 atom stereocenters. The topological polar surface area (TPSA) is 75.1 Å². The van der Waals surface area contributed by atoms with E-state index in [1.165, 1.54) is 12.8 Å². The van der Waals surface area contributed by atoms with E-state index in [9.17, 15) is 9.90 Å². The molecule has 2 saturated carbocycles. The summed E-state index contributed by atoms with van der Waals surface area (Å²) in [6.45, 7) is 0. The van der Waals surface area contributed by atoms with Gasteiger partial charge in [0.2, 0.25) is 5.91 Å². The SMILES string of the molecule is O=C(Nc1cnc(C2CC2)nc1)C1CCCC1O. The van der Waals surface area contributed by atoms with E-state index in [-0.39, 0.29) is 11.8 Å². The lowest BCUT2D eigenvalue weighted by Gasteiger charge is -2.14. The minimum atomic E-state index is -0.503. The summed E-state index contributed by atoms with van der Waals surface area (Å²) in [6.07, 6.45) is 7.52. The molecule has 2 fully saturated rings. The van der Waals surface area contributed by atoms with Crippen molar-refractivity contribution in [3.05, 3.63) is 18.2 Å². The fourth-order valence-corrected chi connectivity index (χ4v) is 2.44. The molecule has 5 nitrogen and oxygen atoms in total. The number of aromatic nitrogens is 2. The van der Waals surface area contributed by atoms with E-state index in [4.69, 9.17) is 0 Å². The van der Waals surface area contributed by atoms with Crippen molar-refractivity contribution in [2.75, 3.05) is 5.32 Å². The van der Waals surface area contributed by atoms with Gasteiger partial charge in [-0.2, -0.15) is 0 Å². The molecule has 0 saturated heterocycles. The van der Waals surface area contributed by atoms with E-state index in [1.807, 2.05) is 0 Å². The van der Waals surface area contributed by atoms with Crippen LogP contribution < -0.4 is 5.32 Å². The molecule has 2 aliphatic carbocycles. The van der Waals surface area contributed by atoms with Crippen LogP contribution in [0, 0.1) is 5.92 Å². The molecule has 5 heteroatoms. The smallest absolute Gasteiger partial charge is 0.230 e. The molecule has 1 amide bonds. The number of hydrogen-bond acceptors (Lipinski definition) is 4. The predicted molar refractivity (Wildman–Crippen MR) is 66.0 cm³/mol. The summed E-state index contributed by atoms with van der Waals surface area (Å²) < 4.78 is 0. The van der Waals surface area contributed by atoms with Crippen molar-refractivity contribution in [3.63, 3.8) is 0 Å². The number of rotatable bonds is 3. The third-order valence-electron chi connectivity index (χ3n) is 3.70. The molecule has 96 valence electrons. The molecule has 2 unspecified atom stereocenters. The zero-order valence-corrected chi connectivity index (χ0v) is 10.2. The average Bonchev–Trinajstić information content (AvgIpc) is 3.12. The zero-order chi connectivity index (χ0) is 12.5. The first-order valence-corrected chi connectivity index (χ1v) is 6.55. The van der Waals surface area contributed by atoms with Gasteiger partial charge < -0.3 is 10.4 Å². The van der Waals surface area contributed by atoms with E-state index in [0.717, 1.165) is 25.1 Å². The van der Waals surface area contributed by atoms with E-state index >= 15 is 0 Å². The molecule has 2 aliphatic rings. The molecule has 18 heavy (non-hydrogen) atoms. The minimum Gasteiger partial charge on any atom is -0.392 e. The highest BCUT2D eigenvalue weighted by Crippen LogP contribution is 2.37. The third kappa shape index (κ3) is 2.36. The third-order valence-corrected chi connectivity index (χ3v) is 3.70. The maximum atomic E-state index is 11.9. The van der Waals surface area contributed by atoms with Gasteiger partial charge in [-0.15, -0.1) is 0 Å². The van der Waals surface area contributed by atoms with Gasteiger partial charge in [0.15, 0.2) is 0 Å². The first-order chi connectivity index (χ1) is 8.74. The van der Waals surface area contributed by atoms with Crippen LogP contribution >= 0.6 is 0 Å². The van der Waals surface area contributed by atoms with Crippen LogP contribution in [0.15, 0.2) is 12.4 Å². The van der Waals surface area contributed by atoms with Crippen molar-refractivity contribution in [2.45, 2.75) is 44.1 Å². The number of aliphatic hydroxyl groups excluding tert-OH is 1. The highest BCUT2D eigenvalue weighted by Gasteiger charge is 2.31. The van der Waals surface area contributed by atoms with Gasteiger partial charge in [-0.1, -0.05) is 0 Å². The lowest BCUT2D eigenvalue weighted by Crippen LogP contribution is -2.28. The molecule has 0 aromatic carbocycles. The van der Waals surface area contributed by atoms with Crippen LogP contribution in [0.25, 0.3) is 0 Å². The Morgan fingerprint density at radius 2 is 1.94 bits per heavy atom. The molecular weight excluding hydrogens is 230 g/mol. The summed E-state index contributed by atoms with van der Waals surface area (Å²) >= 11 is 0. The van der Waals surface area contributed by atoms with E-state index in [2.05, 4.69) is 15.3 Å². The van der Waals surface area contributed by atoms with E-state index in [1.54, 1.807) is 12.4 Å². The number of amides is 1. The predicted octanol–water partition coefficient (Wildman–Crippen LogP) is 1.45. The lowest BCUT2D eigenvalue weighted by molar-refractivity contribution is -0.122. The van der Waals surface area contributed by atoms with E-state index < -0.39 is 6.10 Å². The van der Waals surface area contributed by atoms with Crippen molar-refractivity contribution in [1.29, 1.82) is 0 Å². The fraction of sp³-hybridized carbons (Fsp3) is 0.615. The quantitative estimate of drug-likeness (QED) is 0.847.